The van der Waals surface area contributed by atoms with Gasteiger partial charge in [-0.25, -0.2) is 13.5 Å². The van der Waals surface area contributed by atoms with E-state index in [9.17, 15) is 13.2 Å². The third kappa shape index (κ3) is 3.93. The van der Waals surface area contributed by atoms with Gasteiger partial charge in [0.2, 0.25) is 0 Å². The number of nitrogens with one attached hydrogen (secondary N) is 2. The minimum atomic E-state index is -3.98. The van der Waals surface area contributed by atoms with Crippen molar-refractivity contribution in [2.24, 2.45) is 0 Å². The van der Waals surface area contributed by atoms with Gasteiger partial charge in [0.05, 0.1) is 25.6 Å². The summed E-state index contributed by atoms with van der Waals surface area (Å²) in [4.78, 5) is 11.1. The molecule has 0 fully saturated rings. The summed E-state index contributed by atoms with van der Waals surface area (Å²) in [6.07, 6.45) is 0. The highest BCUT2D eigenvalue weighted by molar-refractivity contribution is 7.92. The molecule has 0 aliphatic carbocycles. The normalized spacial score (nSPS) is 11.0. The number of H-pyrrole nitrogens is 1. The summed E-state index contributed by atoms with van der Waals surface area (Å²) in [6.45, 7) is 0. The van der Waals surface area contributed by atoms with Crippen molar-refractivity contribution in [3.63, 3.8) is 0 Å². The monoisotopic (exact) mass is 387 g/mol. The molecule has 0 spiro atoms. The van der Waals surface area contributed by atoms with E-state index in [2.05, 4.69) is 14.9 Å². The largest absolute Gasteiger partial charge is 0.495 e. The van der Waals surface area contributed by atoms with Crippen molar-refractivity contribution < 1.29 is 17.9 Å². The van der Waals surface area contributed by atoms with Crippen LogP contribution in [-0.2, 0) is 10.0 Å². The van der Waals surface area contributed by atoms with Gasteiger partial charge in [0, 0.05) is 11.6 Å². The molecule has 2 aromatic carbocycles. The number of aromatic nitrogens is 2. The second kappa shape index (κ2) is 7.50. The second-order valence-electron chi connectivity index (χ2n) is 5.48. The minimum absolute atomic E-state index is 0.0681. The molecule has 2 N–H and O–H groups in total. The molecule has 0 atom stereocenters. The molecule has 27 heavy (non-hydrogen) atoms. The Morgan fingerprint density at radius 2 is 1.70 bits per heavy atom. The fraction of sp³-hybridized carbons (Fsp3) is 0.111. The van der Waals surface area contributed by atoms with Gasteiger partial charge in [0.25, 0.3) is 15.6 Å². The summed E-state index contributed by atoms with van der Waals surface area (Å²) in [5, 5.41) is 6.25. The number of anilines is 1. The molecule has 8 nitrogen and oxygen atoms in total. The first-order chi connectivity index (χ1) is 12.9. The number of hydrogen-bond donors (Lipinski definition) is 2. The first-order valence-corrected chi connectivity index (χ1v) is 9.33. The molecule has 0 aliphatic rings. The number of hydrogen-bond acceptors (Lipinski definition) is 6. The minimum Gasteiger partial charge on any atom is -0.495 e. The van der Waals surface area contributed by atoms with Gasteiger partial charge in [-0.1, -0.05) is 12.1 Å². The van der Waals surface area contributed by atoms with Crippen LogP contribution in [0, 0.1) is 0 Å². The molecule has 0 aliphatic heterocycles. The lowest BCUT2D eigenvalue weighted by molar-refractivity contribution is 0.403. The Bertz CT molecular complexity index is 1110. The summed E-state index contributed by atoms with van der Waals surface area (Å²) in [7, 11) is -1.14. The van der Waals surface area contributed by atoms with E-state index in [4.69, 9.17) is 9.47 Å². The molecular formula is C18H17N3O5S. The first kappa shape index (κ1) is 18.5. The molecule has 0 saturated carbocycles. The third-order valence-electron chi connectivity index (χ3n) is 3.78. The molecule has 0 amide bonds. The van der Waals surface area contributed by atoms with Gasteiger partial charge < -0.3 is 9.47 Å². The van der Waals surface area contributed by atoms with Crippen molar-refractivity contribution in [1.29, 1.82) is 0 Å². The maximum Gasteiger partial charge on any atom is 0.265 e. The summed E-state index contributed by atoms with van der Waals surface area (Å²) in [6, 6.07) is 14.1. The molecule has 140 valence electrons. The molecule has 1 aromatic heterocycles. The van der Waals surface area contributed by atoms with Gasteiger partial charge in [-0.2, -0.15) is 5.10 Å². The average molecular weight is 387 g/mol. The van der Waals surface area contributed by atoms with Crippen LogP contribution in [0.15, 0.2) is 64.3 Å². The summed E-state index contributed by atoms with van der Waals surface area (Å²) in [5.41, 5.74) is 0.881. The van der Waals surface area contributed by atoms with E-state index >= 15 is 0 Å². The molecular weight excluding hydrogens is 370 g/mol. The van der Waals surface area contributed by atoms with Crippen LogP contribution in [0.25, 0.3) is 11.3 Å². The Kier molecular flexibility index (Phi) is 5.13. The lowest BCUT2D eigenvalue weighted by Crippen LogP contribution is -2.15. The van der Waals surface area contributed by atoms with E-state index in [1.807, 2.05) is 0 Å². The zero-order valence-electron chi connectivity index (χ0n) is 14.6. The van der Waals surface area contributed by atoms with Gasteiger partial charge in [-0.15, -0.1) is 0 Å². The molecule has 9 heteroatoms. The van der Waals surface area contributed by atoms with E-state index in [0.29, 0.717) is 22.7 Å². The average Bonchev–Trinajstić information content (AvgIpc) is 2.68. The Hall–Kier alpha value is -3.33. The van der Waals surface area contributed by atoms with E-state index < -0.39 is 10.0 Å². The number of sulfonamides is 1. The fourth-order valence-electron chi connectivity index (χ4n) is 2.48. The number of nitrogens with zero attached hydrogens (tertiary/aromatic N) is 1. The van der Waals surface area contributed by atoms with Crippen LogP contribution in [0.3, 0.4) is 0 Å². The fourth-order valence-corrected chi connectivity index (χ4v) is 3.75. The topological polar surface area (TPSA) is 110 Å². The molecule has 0 unspecified atom stereocenters. The van der Waals surface area contributed by atoms with Crippen LogP contribution in [0.5, 0.6) is 11.5 Å². The first-order valence-electron chi connectivity index (χ1n) is 7.84. The molecule has 1 heterocycles. The van der Waals surface area contributed by atoms with Crippen LogP contribution in [-0.4, -0.2) is 32.8 Å². The quantitative estimate of drug-likeness (QED) is 0.671. The number of rotatable bonds is 6. The van der Waals surface area contributed by atoms with Crippen molar-refractivity contribution in [2.45, 2.75) is 4.90 Å². The Morgan fingerprint density at radius 3 is 2.37 bits per heavy atom. The van der Waals surface area contributed by atoms with E-state index in [0.717, 1.165) is 0 Å². The summed E-state index contributed by atoms with van der Waals surface area (Å²) < 4.78 is 38.8. The summed E-state index contributed by atoms with van der Waals surface area (Å²) in [5.74, 6) is 0.559. The SMILES string of the molecule is COc1ccccc1NS(=O)(=O)c1cc(-c2ccc(=O)[nH]n2)ccc1OC. The van der Waals surface area contributed by atoms with Crippen molar-refractivity contribution >= 4 is 15.7 Å². The van der Waals surface area contributed by atoms with E-state index in [1.165, 1.54) is 38.5 Å². The Morgan fingerprint density at radius 1 is 0.963 bits per heavy atom. The van der Waals surface area contributed by atoms with Gasteiger partial charge >= 0.3 is 0 Å². The molecule has 0 saturated heterocycles. The zero-order valence-corrected chi connectivity index (χ0v) is 15.4. The predicted octanol–water partition coefficient (Wildman–Crippen LogP) is 2.25. The van der Waals surface area contributed by atoms with Crippen LogP contribution in [0.1, 0.15) is 0 Å². The Labute approximate surface area is 155 Å². The van der Waals surface area contributed by atoms with Gasteiger partial charge in [0.1, 0.15) is 16.4 Å². The lowest BCUT2D eigenvalue weighted by atomic mass is 10.1. The van der Waals surface area contributed by atoms with Gasteiger partial charge in [-0.3, -0.25) is 9.52 Å². The number of benzene rings is 2. The molecule has 0 radical (unpaired) electrons. The van der Waals surface area contributed by atoms with E-state index in [-0.39, 0.29) is 16.2 Å². The van der Waals surface area contributed by atoms with Gasteiger partial charge in [0.15, 0.2) is 0 Å². The Balaban J connectivity index is 2.06. The number of methoxy groups -OCH3 is 2. The van der Waals surface area contributed by atoms with Crippen molar-refractivity contribution in [2.75, 3.05) is 18.9 Å². The lowest BCUT2D eigenvalue weighted by Gasteiger charge is -2.14. The van der Waals surface area contributed by atoms with Crippen LogP contribution in [0.4, 0.5) is 5.69 Å². The highest BCUT2D eigenvalue weighted by Gasteiger charge is 2.22. The van der Waals surface area contributed by atoms with Crippen LogP contribution in [0.2, 0.25) is 0 Å². The standard InChI is InChI=1S/C18H17N3O5S/c1-25-15-6-4-3-5-14(15)21-27(23,24)17-11-12(7-9-16(17)26-2)13-8-10-18(22)20-19-13/h3-11,21H,1-2H3,(H,20,22). The molecule has 0 bridgehead atoms. The summed E-state index contributed by atoms with van der Waals surface area (Å²) >= 11 is 0. The van der Waals surface area contributed by atoms with Gasteiger partial charge in [-0.05, 0) is 36.4 Å². The van der Waals surface area contributed by atoms with Crippen LogP contribution < -0.4 is 19.8 Å². The van der Waals surface area contributed by atoms with Crippen molar-refractivity contribution in [3.8, 4) is 22.8 Å². The number of para-hydroxylation sites is 2. The maximum atomic E-state index is 13.0. The molecule has 3 aromatic rings. The zero-order chi connectivity index (χ0) is 19.4. The van der Waals surface area contributed by atoms with Crippen molar-refractivity contribution in [1.82, 2.24) is 10.2 Å². The van der Waals surface area contributed by atoms with Crippen LogP contribution >= 0.6 is 0 Å². The maximum absolute atomic E-state index is 13.0. The van der Waals surface area contributed by atoms with E-state index in [1.54, 1.807) is 30.3 Å². The molecule has 3 rings (SSSR count). The highest BCUT2D eigenvalue weighted by Crippen LogP contribution is 2.32. The second-order valence-corrected chi connectivity index (χ2v) is 7.13. The third-order valence-corrected chi connectivity index (χ3v) is 5.17. The predicted molar refractivity (Wildman–Crippen MR) is 101 cm³/mol. The van der Waals surface area contributed by atoms with Crippen molar-refractivity contribution in [3.05, 3.63) is 65.0 Å². The highest BCUT2D eigenvalue weighted by atomic mass is 32.2. The smallest absolute Gasteiger partial charge is 0.265 e. The number of aromatic amines is 1. The number of ether oxygens (including phenoxy) is 2.